The van der Waals surface area contributed by atoms with E-state index in [9.17, 15) is 16.8 Å². The summed E-state index contributed by atoms with van der Waals surface area (Å²) in [5, 5.41) is 0. The van der Waals surface area contributed by atoms with Crippen LogP contribution >= 0.6 is 0 Å². The lowest BCUT2D eigenvalue weighted by Gasteiger charge is -2.20. The molecule has 1 aliphatic rings. The van der Waals surface area contributed by atoms with Crippen LogP contribution in [0, 0.1) is 0 Å². The zero-order chi connectivity index (χ0) is 27.4. The molecule has 2 aromatic carbocycles. The fourth-order valence-corrected chi connectivity index (χ4v) is 5.31. The van der Waals surface area contributed by atoms with Gasteiger partial charge in [-0.15, -0.1) is 0 Å². The quantitative estimate of drug-likeness (QED) is 0.280. The van der Waals surface area contributed by atoms with E-state index in [1.807, 2.05) is 12.1 Å². The largest absolute Gasteiger partial charge is 0.493 e. The molecule has 11 nitrogen and oxygen atoms in total. The van der Waals surface area contributed by atoms with Gasteiger partial charge in [-0.2, -0.15) is 8.42 Å². The predicted octanol–water partition coefficient (Wildman–Crippen LogP) is 3.07. The van der Waals surface area contributed by atoms with Crippen LogP contribution in [0.1, 0.15) is 36.2 Å². The van der Waals surface area contributed by atoms with E-state index >= 15 is 0 Å². The summed E-state index contributed by atoms with van der Waals surface area (Å²) < 4.78 is 85.9. The van der Waals surface area contributed by atoms with Crippen molar-refractivity contribution in [1.29, 1.82) is 0 Å². The van der Waals surface area contributed by atoms with E-state index in [1.165, 1.54) is 34.5 Å². The van der Waals surface area contributed by atoms with E-state index in [1.54, 1.807) is 6.07 Å². The number of ether oxygens (including phenoxy) is 6. The number of hydrogen-bond donors (Lipinski definition) is 0. The van der Waals surface area contributed by atoms with Crippen LogP contribution in [0.5, 0.6) is 28.7 Å². The Kier molecular flexibility index (Phi) is 9.16. The fourth-order valence-electron chi connectivity index (χ4n) is 4.10. The maximum absolute atomic E-state index is 12.6. The van der Waals surface area contributed by atoms with Crippen molar-refractivity contribution >= 4 is 20.0 Å². The van der Waals surface area contributed by atoms with Crippen molar-refractivity contribution in [3.63, 3.8) is 0 Å². The van der Waals surface area contributed by atoms with E-state index in [-0.39, 0.29) is 35.7 Å². The van der Waals surface area contributed by atoms with Crippen LogP contribution in [0.3, 0.4) is 0 Å². The first kappa shape index (κ1) is 28.8. The highest BCUT2D eigenvalue weighted by Gasteiger charge is 2.32. The molecule has 0 N–H and O–H groups in total. The van der Waals surface area contributed by atoms with Gasteiger partial charge in [0.2, 0.25) is 5.75 Å². The fraction of sp³-hybridized carbons (Fsp3) is 0.500. The van der Waals surface area contributed by atoms with Crippen LogP contribution in [0.15, 0.2) is 29.2 Å². The minimum Gasteiger partial charge on any atom is -0.493 e. The Balaban J connectivity index is 1.90. The van der Waals surface area contributed by atoms with Crippen molar-refractivity contribution in [3.05, 3.63) is 35.4 Å². The Bertz CT molecular complexity index is 1300. The zero-order valence-corrected chi connectivity index (χ0v) is 23.2. The van der Waals surface area contributed by atoms with Gasteiger partial charge in [0.15, 0.2) is 32.8 Å². The summed E-state index contributed by atoms with van der Waals surface area (Å²) >= 11 is 0. The highest BCUT2D eigenvalue weighted by molar-refractivity contribution is 7.90. The summed E-state index contributed by atoms with van der Waals surface area (Å²) in [6, 6.07) is 6.80. The van der Waals surface area contributed by atoms with Gasteiger partial charge in [-0.25, -0.2) is 8.42 Å². The van der Waals surface area contributed by atoms with E-state index < -0.39 is 26.1 Å². The zero-order valence-electron chi connectivity index (χ0n) is 21.6. The van der Waals surface area contributed by atoms with Crippen molar-refractivity contribution in [1.82, 2.24) is 0 Å². The van der Waals surface area contributed by atoms with Crippen LogP contribution < -0.4 is 23.7 Å². The van der Waals surface area contributed by atoms with Crippen LogP contribution in [-0.2, 0) is 28.9 Å². The molecule has 1 aliphatic heterocycles. The highest BCUT2D eigenvalue weighted by atomic mass is 32.2. The summed E-state index contributed by atoms with van der Waals surface area (Å²) in [4.78, 5) is -0.0963. The van der Waals surface area contributed by atoms with Gasteiger partial charge in [-0.1, -0.05) is 0 Å². The lowest BCUT2D eigenvalue weighted by Crippen LogP contribution is -2.14. The predicted molar refractivity (Wildman–Crippen MR) is 134 cm³/mol. The van der Waals surface area contributed by atoms with Crippen molar-refractivity contribution in [3.8, 4) is 28.7 Å². The van der Waals surface area contributed by atoms with Crippen molar-refractivity contribution in [2.24, 2.45) is 0 Å². The van der Waals surface area contributed by atoms with Crippen molar-refractivity contribution in [2.75, 3.05) is 54.2 Å². The third kappa shape index (κ3) is 6.98. The Morgan fingerprint density at radius 1 is 0.730 bits per heavy atom. The van der Waals surface area contributed by atoms with Gasteiger partial charge in [-0.05, 0) is 48.2 Å². The molecule has 13 heteroatoms. The van der Waals surface area contributed by atoms with Gasteiger partial charge in [0.25, 0.3) is 10.1 Å². The maximum atomic E-state index is 12.6. The molecule has 2 atom stereocenters. The van der Waals surface area contributed by atoms with Crippen LogP contribution in [0.25, 0.3) is 0 Å². The molecule has 0 saturated carbocycles. The number of benzene rings is 2. The molecule has 1 saturated heterocycles. The Morgan fingerprint density at radius 2 is 1.22 bits per heavy atom. The molecule has 0 bridgehead atoms. The number of sulfone groups is 1. The van der Waals surface area contributed by atoms with Crippen LogP contribution in [-0.4, -0.2) is 71.0 Å². The summed E-state index contributed by atoms with van der Waals surface area (Å²) in [5.41, 5.74) is 1.44. The SMILES string of the molecule is COc1cc([C@@H]2CC[C@@H](c3cc(OC)c(OCCOS(C)(=O)=O)c(S(C)(=O)=O)c3)O2)cc(OC)c1OC. The molecular formula is C24H32O11S2. The second-order valence-electron chi connectivity index (χ2n) is 8.35. The maximum Gasteiger partial charge on any atom is 0.264 e. The monoisotopic (exact) mass is 560 g/mol. The smallest absolute Gasteiger partial charge is 0.264 e. The molecule has 2 aromatic rings. The topological polar surface area (TPSA) is 133 Å². The first-order valence-electron chi connectivity index (χ1n) is 11.3. The van der Waals surface area contributed by atoms with E-state index in [0.717, 1.165) is 18.1 Å². The minimum atomic E-state index is -3.74. The summed E-state index contributed by atoms with van der Waals surface area (Å²) in [6.07, 6.45) is 2.55. The second kappa shape index (κ2) is 11.8. The van der Waals surface area contributed by atoms with E-state index in [4.69, 9.17) is 28.4 Å². The molecule has 206 valence electrons. The lowest BCUT2D eigenvalue weighted by molar-refractivity contribution is 0.0435. The molecular weight excluding hydrogens is 528 g/mol. The normalized spacial score (nSPS) is 17.9. The van der Waals surface area contributed by atoms with Crippen LogP contribution in [0.2, 0.25) is 0 Å². The first-order valence-corrected chi connectivity index (χ1v) is 15.0. The Hall–Kier alpha value is -2.74. The average molecular weight is 561 g/mol. The van der Waals surface area contributed by atoms with Crippen LogP contribution in [0.4, 0.5) is 0 Å². The molecule has 1 heterocycles. The van der Waals surface area contributed by atoms with E-state index in [0.29, 0.717) is 35.7 Å². The number of hydrogen-bond acceptors (Lipinski definition) is 11. The van der Waals surface area contributed by atoms with Crippen molar-refractivity contribution < 1.29 is 49.4 Å². The standard InChI is InChI=1S/C24H32O11S2/c1-29-19-11-15(12-20(30-2)23(19)32-4)17-7-8-18(35-17)16-13-21(31-3)24(22(14-16)36(5,25)26)33-9-10-34-37(6,27)28/h11-14,17-18H,7-10H2,1-6H3/t17-,18-/m0/s1. The molecule has 37 heavy (non-hydrogen) atoms. The molecule has 0 spiro atoms. The van der Waals surface area contributed by atoms with Gasteiger partial charge in [-0.3, -0.25) is 4.18 Å². The molecule has 0 aromatic heterocycles. The number of rotatable bonds is 12. The Morgan fingerprint density at radius 3 is 1.65 bits per heavy atom. The molecule has 0 aliphatic carbocycles. The third-order valence-corrected chi connectivity index (χ3v) is 7.44. The summed E-state index contributed by atoms with van der Waals surface area (Å²) in [7, 11) is -1.41. The van der Waals surface area contributed by atoms with Gasteiger partial charge in [0.1, 0.15) is 18.1 Å². The second-order valence-corrected chi connectivity index (χ2v) is 12.0. The lowest BCUT2D eigenvalue weighted by atomic mass is 10.0. The highest BCUT2D eigenvalue weighted by Crippen LogP contribution is 2.47. The van der Waals surface area contributed by atoms with Gasteiger partial charge >= 0.3 is 0 Å². The first-order chi connectivity index (χ1) is 17.4. The molecule has 0 unspecified atom stereocenters. The summed E-state index contributed by atoms with van der Waals surface area (Å²) in [5.74, 6) is 1.64. The minimum absolute atomic E-state index is 0.0231. The molecule has 0 amide bonds. The average Bonchev–Trinajstić information content (AvgIpc) is 3.34. The third-order valence-electron chi connectivity index (χ3n) is 5.74. The molecule has 3 rings (SSSR count). The summed E-state index contributed by atoms with van der Waals surface area (Å²) in [6.45, 7) is -0.483. The molecule has 1 fully saturated rings. The van der Waals surface area contributed by atoms with Crippen molar-refractivity contribution in [2.45, 2.75) is 29.9 Å². The Labute approximate surface area is 217 Å². The van der Waals surface area contributed by atoms with Gasteiger partial charge < -0.3 is 28.4 Å². The number of methoxy groups -OCH3 is 4. The molecule has 0 radical (unpaired) electrons. The van der Waals surface area contributed by atoms with Gasteiger partial charge in [0, 0.05) is 6.26 Å². The van der Waals surface area contributed by atoms with E-state index in [2.05, 4.69) is 4.18 Å². The van der Waals surface area contributed by atoms with Gasteiger partial charge in [0.05, 0.1) is 46.9 Å².